The van der Waals surface area contributed by atoms with Crippen LogP contribution in [0.15, 0.2) is 0 Å². The Labute approximate surface area is 108 Å². The van der Waals surface area contributed by atoms with Gasteiger partial charge in [0.1, 0.15) is 9.84 Å². The molecule has 0 aliphatic carbocycles. The quantitative estimate of drug-likeness (QED) is 0.335. The fourth-order valence-electron chi connectivity index (χ4n) is 0.107. The number of hydrogen-bond acceptors (Lipinski definition) is 5. The van der Waals surface area contributed by atoms with E-state index in [-0.39, 0.29) is 71.2 Å². The van der Waals surface area contributed by atoms with E-state index in [1.54, 1.807) is 0 Å². The van der Waals surface area contributed by atoms with Crippen LogP contribution in [0.2, 0.25) is 0 Å². The molecule has 10 heavy (non-hydrogen) atoms. The van der Waals surface area contributed by atoms with Crippen LogP contribution < -0.4 is 64.2 Å². The van der Waals surface area contributed by atoms with Crippen molar-refractivity contribution in [2.75, 3.05) is 11.0 Å². The second-order valence-electron chi connectivity index (χ2n) is 1.10. The maximum Gasteiger partial charge on any atom is 1.00 e. The predicted molar refractivity (Wildman–Crippen MR) is 27.0 cm³/mol. The number of sulfone groups is 1. The third-order valence-electron chi connectivity index (χ3n) is 0.407. The van der Waals surface area contributed by atoms with Gasteiger partial charge in [0.05, 0.1) is 5.08 Å². The van der Waals surface area contributed by atoms with Gasteiger partial charge >= 0.3 is 59.1 Å². The molecule has 0 saturated heterocycles. The van der Waals surface area contributed by atoms with E-state index in [1.807, 2.05) is 0 Å². The van der Waals surface area contributed by atoms with Crippen molar-refractivity contribution in [1.29, 1.82) is 0 Å². The summed E-state index contributed by atoms with van der Waals surface area (Å²) in [5, 5.41) is 8.99. The van der Waals surface area contributed by atoms with Crippen LogP contribution in [0, 0.1) is 0 Å². The SMILES string of the molecule is O=S(=O)(C[O-])CS[O-].[Na+].[Na+]. The molecule has 0 unspecified atom stereocenters. The Morgan fingerprint density at radius 3 is 1.80 bits per heavy atom. The minimum absolute atomic E-state index is 0. The van der Waals surface area contributed by atoms with Crippen LogP contribution in [0.4, 0.5) is 0 Å². The van der Waals surface area contributed by atoms with Crippen LogP contribution in [-0.4, -0.2) is 24.0 Å². The van der Waals surface area contributed by atoms with Gasteiger partial charge in [-0.2, -0.15) is 0 Å². The van der Waals surface area contributed by atoms with Crippen LogP contribution in [0.25, 0.3) is 0 Å². The average Bonchev–Trinajstić information content (AvgIpc) is 1.67. The molecule has 0 aromatic rings. The van der Waals surface area contributed by atoms with Crippen molar-refractivity contribution >= 4 is 21.9 Å². The van der Waals surface area contributed by atoms with Crippen molar-refractivity contribution < 1.29 is 77.2 Å². The summed E-state index contributed by atoms with van der Waals surface area (Å²) in [6.45, 7) is 0. The molecule has 8 heteroatoms. The molecular weight excluding hydrogens is 198 g/mol. The van der Waals surface area contributed by atoms with Crippen molar-refractivity contribution in [2.45, 2.75) is 0 Å². The van der Waals surface area contributed by atoms with Gasteiger partial charge < -0.3 is 9.66 Å². The van der Waals surface area contributed by atoms with E-state index in [0.29, 0.717) is 0 Å². The molecule has 0 amide bonds. The third kappa shape index (κ3) is 10.2. The zero-order chi connectivity index (χ0) is 6.62. The monoisotopic (exact) mass is 202 g/mol. The maximum absolute atomic E-state index is 10.1. The van der Waals surface area contributed by atoms with Gasteiger partial charge in [-0.25, -0.2) is 20.5 Å². The van der Waals surface area contributed by atoms with Gasteiger partial charge in [-0.05, 0) is 5.94 Å². The predicted octanol–water partition coefficient (Wildman–Crippen LogP) is -7.45. The molecular formula is C2H4Na2O4S2. The van der Waals surface area contributed by atoms with E-state index >= 15 is 0 Å². The minimum atomic E-state index is -3.57. The zero-order valence-electron chi connectivity index (χ0n) is 5.86. The van der Waals surface area contributed by atoms with E-state index < -0.39 is 20.9 Å². The molecule has 0 aromatic carbocycles. The largest absolute Gasteiger partial charge is 1.00 e. The van der Waals surface area contributed by atoms with Gasteiger partial charge in [-0.15, -0.1) is 0 Å². The van der Waals surface area contributed by atoms with E-state index in [4.69, 9.17) is 0 Å². The van der Waals surface area contributed by atoms with Crippen LogP contribution >= 0.6 is 12.0 Å². The molecule has 0 saturated carbocycles. The van der Waals surface area contributed by atoms with E-state index in [1.165, 1.54) is 0 Å². The fraction of sp³-hybridized carbons (Fsp3) is 1.00. The zero-order valence-corrected chi connectivity index (χ0v) is 11.5. The summed E-state index contributed by atoms with van der Waals surface area (Å²) >= 11 is -0.105. The van der Waals surface area contributed by atoms with Crippen molar-refractivity contribution in [3.05, 3.63) is 0 Å². The van der Waals surface area contributed by atoms with Gasteiger partial charge in [-0.1, -0.05) is 0 Å². The maximum atomic E-state index is 10.1. The van der Waals surface area contributed by atoms with Crippen molar-refractivity contribution in [3.8, 4) is 0 Å². The summed E-state index contributed by atoms with van der Waals surface area (Å²) < 4.78 is 29.6. The third-order valence-corrected chi connectivity index (χ3v) is 2.59. The first-order valence-corrected chi connectivity index (χ1v) is 4.39. The molecule has 50 valence electrons. The molecule has 0 radical (unpaired) electrons. The standard InChI is InChI=1S/C2H5O4S2.2Na/c3-1-8(5,6)2-7-4;;/h4H,1-2H2;;/q-1;2*+1/p-1. The second-order valence-corrected chi connectivity index (χ2v) is 4.00. The summed E-state index contributed by atoms with van der Waals surface area (Å²) in [4.78, 5) is 0. The van der Waals surface area contributed by atoms with Crippen molar-refractivity contribution in [3.63, 3.8) is 0 Å². The van der Waals surface area contributed by atoms with Gasteiger partial charge in [0.25, 0.3) is 0 Å². The number of rotatable bonds is 3. The second kappa shape index (κ2) is 9.31. The van der Waals surface area contributed by atoms with E-state index in [9.17, 15) is 18.1 Å². The average molecular weight is 202 g/mol. The first-order valence-electron chi connectivity index (χ1n) is 1.65. The molecule has 0 N–H and O–H groups in total. The Hall–Kier alpha value is 2.22. The summed E-state index contributed by atoms with van der Waals surface area (Å²) in [5.74, 6) is -1.19. The summed E-state index contributed by atoms with van der Waals surface area (Å²) in [5.41, 5.74) is 0. The van der Waals surface area contributed by atoms with Crippen LogP contribution in [0.5, 0.6) is 0 Å². The van der Waals surface area contributed by atoms with Crippen LogP contribution in [0.1, 0.15) is 0 Å². The van der Waals surface area contributed by atoms with E-state index in [0.717, 1.165) is 0 Å². The molecule has 0 bridgehead atoms. The Balaban J connectivity index is -0.000000245. The Kier molecular flexibility index (Phi) is 16.8. The summed E-state index contributed by atoms with van der Waals surface area (Å²) in [6.07, 6.45) is 0. The Morgan fingerprint density at radius 2 is 1.70 bits per heavy atom. The smallest absolute Gasteiger partial charge is 0.843 e. The summed E-state index contributed by atoms with van der Waals surface area (Å²) in [7, 11) is -3.57. The number of hydrogen-bond donors (Lipinski definition) is 0. The first-order chi connectivity index (χ1) is 3.62. The molecule has 0 atom stereocenters. The van der Waals surface area contributed by atoms with Gasteiger partial charge in [0.15, 0.2) is 0 Å². The van der Waals surface area contributed by atoms with Crippen LogP contribution in [0.3, 0.4) is 0 Å². The van der Waals surface area contributed by atoms with E-state index in [2.05, 4.69) is 0 Å². The van der Waals surface area contributed by atoms with Gasteiger partial charge in [-0.3, -0.25) is 0 Å². The molecule has 0 rings (SSSR count). The summed E-state index contributed by atoms with van der Waals surface area (Å²) in [6, 6.07) is 0. The molecule has 0 heterocycles. The fourth-order valence-corrected chi connectivity index (χ4v) is 0.966. The molecule has 0 aliphatic heterocycles. The van der Waals surface area contributed by atoms with Crippen LogP contribution in [-0.2, 0) is 9.84 Å². The molecule has 0 spiro atoms. The minimum Gasteiger partial charge on any atom is -0.843 e. The molecule has 4 nitrogen and oxygen atoms in total. The Morgan fingerprint density at radius 1 is 1.30 bits per heavy atom. The normalized spacial score (nSPS) is 9.40. The molecule has 0 aromatic heterocycles. The molecule has 0 aliphatic rings. The first kappa shape index (κ1) is 18.1. The van der Waals surface area contributed by atoms with Crippen molar-refractivity contribution in [2.24, 2.45) is 0 Å². The molecule has 0 fully saturated rings. The van der Waals surface area contributed by atoms with Crippen molar-refractivity contribution in [1.82, 2.24) is 0 Å². The van der Waals surface area contributed by atoms with Gasteiger partial charge in [0, 0.05) is 0 Å². The Bertz CT molecular complexity index is 143. The van der Waals surface area contributed by atoms with Gasteiger partial charge in [0.2, 0.25) is 0 Å². The topological polar surface area (TPSA) is 80.3 Å².